The smallest absolute Gasteiger partial charge is 0.390 e. The number of carbonyl (C=O) groups excluding carboxylic acids is 1. The molecule has 5 rings (SSSR count). The zero-order chi connectivity index (χ0) is 26.2. The molecule has 2 heterocycles. The molecule has 192 valence electrons. The van der Waals surface area contributed by atoms with Crippen molar-refractivity contribution in [1.29, 1.82) is 0 Å². The van der Waals surface area contributed by atoms with Crippen LogP contribution in [0.1, 0.15) is 40.7 Å². The third-order valence-electron chi connectivity index (χ3n) is 6.34. The molecule has 0 atom stereocenters. The number of carbonyl (C=O) groups is 1. The second kappa shape index (κ2) is 9.85. The molecule has 4 aromatic rings. The standard InChI is InChI=1S/C27H26F3N5O2/c1-16-12-17(6-9-20(16)26(37)33-19-7-8-19)23-13-32-25-24(31-11-10-27(28,29)30)34-22(14-35(23)25)21-5-3-2-4-18(21)15-36/h2-6,9,12-14,19,36H,7-8,10-11,15H2,1H3,(H,31,34)(H,33,37). The summed E-state index contributed by atoms with van der Waals surface area (Å²) in [6, 6.07) is 12.9. The van der Waals surface area contributed by atoms with Crippen LogP contribution in [0.25, 0.3) is 28.2 Å². The van der Waals surface area contributed by atoms with Crippen molar-refractivity contribution in [1.82, 2.24) is 19.7 Å². The summed E-state index contributed by atoms with van der Waals surface area (Å²) in [5.41, 5.74) is 5.02. The number of hydrogen-bond donors (Lipinski definition) is 3. The number of alkyl halides is 3. The lowest BCUT2D eigenvalue weighted by Crippen LogP contribution is -2.26. The van der Waals surface area contributed by atoms with Crippen molar-refractivity contribution >= 4 is 17.4 Å². The molecular formula is C27H26F3N5O2. The summed E-state index contributed by atoms with van der Waals surface area (Å²) in [6.45, 7) is 1.29. The molecular weight excluding hydrogens is 483 g/mol. The van der Waals surface area contributed by atoms with E-state index in [1.165, 1.54) is 0 Å². The lowest BCUT2D eigenvalue weighted by Gasteiger charge is -2.14. The van der Waals surface area contributed by atoms with Crippen molar-refractivity contribution in [3.63, 3.8) is 0 Å². The van der Waals surface area contributed by atoms with Crippen LogP contribution >= 0.6 is 0 Å². The van der Waals surface area contributed by atoms with Gasteiger partial charge in [-0.05, 0) is 43.0 Å². The van der Waals surface area contributed by atoms with E-state index in [2.05, 4.69) is 20.6 Å². The van der Waals surface area contributed by atoms with E-state index in [4.69, 9.17) is 0 Å². The van der Waals surface area contributed by atoms with Gasteiger partial charge < -0.3 is 15.7 Å². The van der Waals surface area contributed by atoms with Gasteiger partial charge in [-0.3, -0.25) is 9.20 Å². The predicted octanol–water partition coefficient (Wildman–Crippen LogP) is 5.12. The number of aliphatic hydroxyl groups is 1. The molecule has 1 aliphatic rings. The van der Waals surface area contributed by atoms with Gasteiger partial charge in [0.1, 0.15) is 0 Å². The van der Waals surface area contributed by atoms with Crippen molar-refractivity contribution in [3.05, 3.63) is 71.5 Å². The van der Waals surface area contributed by atoms with Crippen molar-refractivity contribution in [2.75, 3.05) is 11.9 Å². The Hall–Kier alpha value is -3.92. The lowest BCUT2D eigenvalue weighted by atomic mass is 10.0. The number of aryl methyl sites for hydroxylation is 1. The van der Waals surface area contributed by atoms with Gasteiger partial charge in [-0.2, -0.15) is 13.2 Å². The van der Waals surface area contributed by atoms with Gasteiger partial charge in [0.15, 0.2) is 11.5 Å². The van der Waals surface area contributed by atoms with E-state index in [1.54, 1.807) is 47.1 Å². The molecule has 1 aliphatic carbocycles. The van der Waals surface area contributed by atoms with E-state index in [1.807, 2.05) is 19.1 Å². The highest BCUT2D eigenvalue weighted by atomic mass is 19.4. The summed E-state index contributed by atoms with van der Waals surface area (Å²) in [4.78, 5) is 21.6. The molecule has 0 saturated heterocycles. The first-order valence-corrected chi connectivity index (χ1v) is 12.0. The van der Waals surface area contributed by atoms with E-state index in [0.717, 1.165) is 24.0 Å². The Labute approximate surface area is 211 Å². The molecule has 2 aromatic carbocycles. The van der Waals surface area contributed by atoms with Crippen molar-refractivity contribution in [2.45, 2.75) is 45.0 Å². The van der Waals surface area contributed by atoms with Crippen molar-refractivity contribution in [2.24, 2.45) is 0 Å². The van der Waals surface area contributed by atoms with E-state index in [9.17, 15) is 23.1 Å². The molecule has 37 heavy (non-hydrogen) atoms. The van der Waals surface area contributed by atoms with Gasteiger partial charge >= 0.3 is 6.18 Å². The minimum Gasteiger partial charge on any atom is -0.392 e. The van der Waals surface area contributed by atoms with Gasteiger partial charge in [0.05, 0.1) is 30.6 Å². The van der Waals surface area contributed by atoms with Crippen molar-refractivity contribution in [3.8, 4) is 22.5 Å². The Bertz CT molecular complexity index is 1460. The maximum Gasteiger partial charge on any atom is 0.390 e. The van der Waals surface area contributed by atoms with Crippen LogP contribution in [0.2, 0.25) is 0 Å². The van der Waals surface area contributed by atoms with Crippen LogP contribution in [0, 0.1) is 6.92 Å². The molecule has 1 amide bonds. The van der Waals surface area contributed by atoms with Crippen molar-refractivity contribution < 1.29 is 23.1 Å². The molecule has 0 radical (unpaired) electrons. The molecule has 1 fully saturated rings. The van der Waals surface area contributed by atoms with Crippen LogP contribution in [0.5, 0.6) is 0 Å². The number of anilines is 1. The highest BCUT2D eigenvalue weighted by Gasteiger charge is 2.27. The molecule has 10 heteroatoms. The fraction of sp³-hybridized carbons (Fsp3) is 0.296. The van der Waals surface area contributed by atoms with E-state index in [-0.39, 0.29) is 30.9 Å². The number of aliphatic hydroxyl groups excluding tert-OH is 1. The largest absolute Gasteiger partial charge is 0.392 e. The fourth-order valence-corrected chi connectivity index (χ4v) is 4.25. The van der Waals surface area contributed by atoms with Gasteiger partial charge in [0.2, 0.25) is 0 Å². The number of benzene rings is 2. The second-order valence-electron chi connectivity index (χ2n) is 9.20. The Kier molecular flexibility index (Phi) is 6.59. The zero-order valence-electron chi connectivity index (χ0n) is 20.1. The first kappa shape index (κ1) is 24.8. The number of nitrogens with zero attached hydrogens (tertiary/aromatic N) is 3. The highest BCUT2D eigenvalue weighted by molar-refractivity contribution is 5.96. The molecule has 0 unspecified atom stereocenters. The van der Waals surface area contributed by atoms with E-state index >= 15 is 0 Å². The predicted molar refractivity (Wildman–Crippen MR) is 134 cm³/mol. The number of imidazole rings is 1. The van der Waals surface area contributed by atoms with Crippen LogP contribution in [0.4, 0.5) is 19.0 Å². The maximum atomic E-state index is 12.8. The van der Waals surface area contributed by atoms with Gasteiger partial charge in [0.25, 0.3) is 5.91 Å². The summed E-state index contributed by atoms with van der Waals surface area (Å²) in [7, 11) is 0. The monoisotopic (exact) mass is 509 g/mol. The summed E-state index contributed by atoms with van der Waals surface area (Å²) in [5, 5.41) is 15.6. The van der Waals surface area contributed by atoms with Gasteiger partial charge in [-0.25, -0.2) is 9.97 Å². The molecule has 7 nitrogen and oxygen atoms in total. The van der Waals surface area contributed by atoms with Crippen LogP contribution in [0.15, 0.2) is 54.9 Å². The number of nitrogens with one attached hydrogen (secondary N) is 2. The molecule has 2 aromatic heterocycles. The summed E-state index contributed by atoms with van der Waals surface area (Å²) < 4.78 is 40.2. The first-order chi connectivity index (χ1) is 17.7. The number of halogens is 3. The van der Waals surface area contributed by atoms with Crippen LogP contribution in [0.3, 0.4) is 0 Å². The third kappa shape index (κ3) is 5.43. The minimum atomic E-state index is -4.31. The Morgan fingerprint density at radius 2 is 1.97 bits per heavy atom. The Balaban J connectivity index is 1.57. The number of rotatable bonds is 8. The molecule has 3 N–H and O–H groups in total. The Morgan fingerprint density at radius 1 is 1.19 bits per heavy atom. The van der Waals surface area contributed by atoms with Gasteiger partial charge in [-0.1, -0.05) is 30.3 Å². The maximum absolute atomic E-state index is 12.8. The number of hydrogen-bond acceptors (Lipinski definition) is 5. The Morgan fingerprint density at radius 3 is 2.68 bits per heavy atom. The highest BCUT2D eigenvalue weighted by Crippen LogP contribution is 2.31. The van der Waals surface area contributed by atoms with Crippen LogP contribution in [-0.2, 0) is 6.61 Å². The number of amides is 1. The van der Waals surface area contributed by atoms with E-state index in [0.29, 0.717) is 33.7 Å². The summed E-state index contributed by atoms with van der Waals surface area (Å²) in [5.74, 6) is 0.103. The molecule has 0 aliphatic heterocycles. The number of fused-ring (bicyclic) bond motifs is 1. The number of aromatic nitrogens is 3. The average Bonchev–Trinajstić information content (AvgIpc) is 3.57. The fourth-order valence-electron chi connectivity index (χ4n) is 4.25. The topological polar surface area (TPSA) is 91.6 Å². The third-order valence-corrected chi connectivity index (χ3v) is 6.34. The van der Waals surface area contributed by atoms with Gasteiger partial charge in [0, 0.05) is 35.5 Å². The summed E-state index contributed by atoms with van der Waals surface area (Å²) in [6.07, 6.45) is 0.0572. The average molecular weight is 510 g/mol. The quantitative estimate of drug-likeness (QED) is 0.307. The normalized spacial score (nSPS) is 13.6. The van der Waals surface area contributed by atoms with Crippen LogP contribution in [-0.4, -0.2) is 44.1 Å². The summed E-state index contributed by atoms with van der Waals surface area (Å²) >= 11 is 0. The zero-order valence-corrected chi connectivity index (χ0v) is 20.1. The molecule has 0 spiro atoms. The molecule has 0 bridgehead atoms. The minimum absolute atomic E-state index is 0.104. The van der Waals surface area contributed by atoms with E-state index < -0.39 is 12.6 Å². The lowest BCUT2D eigenvalue weighted by molar-refractivity contribution is -0.131. The second-order valence-corrected chi connectivity index (χ2v) is 9.20. The van der Waals surface area contributed by atoms with Gasteiger partial charge in [-0.15, -0.1) is 0 Å². The van der Waals surface area contributed by atoms with Crippen LogP contribution < -0.4 is 10.6 Å². The SMILES string of the molecule is Cc1cc(-c2cnc3c(NCCC(F)(F)F)nc(-c4ccccc4CO)cn23)ccc1C(=O)NC1CC1. The molecule has 1 saturated carbocycles. The first-order valence-electron chi connectivity index (χ1n) is 12.0.